The Hall–Kier alpha value is -3.11. The number of para-hydroxylation sites is 1. The van der Waals surface area contributed by atoms with Gasteiger partial charge in [-0.2, -0.15) is 5.26 Å². The summed E-state index contributed by atoms with van der Waals surface area (Å²) in [5.41, 5.74) is 2.48. The van der Waals surface area contributed by atoms with Crippen LogP contribution in [-0.2, 0) is 26.9 Å². The van der Waals surface area contributed by atoms with Crippen molar-refractivity contribution in [1.29, 1.82) is 5.26 Å². The maximum absolute atomic E-state index is 13.1. The Balaban J connectivity index is 1.94. The number of rotatable bonds is 7. The van der Waals surface area contributed by atoms with E-state index in [0.29, 0.717) is 17.4 Å². The van der Waals surface area contributed by atoms with Crippen molar-refractivity contribution in [2.24, 2.45) is 0 Å². The van der Waals surface area contributed by atoms with Gasteiger partial charge in [0.2, 0.25) is 5.91 Å². The molecule has 150 valence electrons. The molecule has 1 aromatic heterocycles. The van der Waals surface area contributed by atoms with Gasteiger partial charge >= 0.3 is 0 Å². The number of carbonyl (C=O) groups is 1. The Morgan fingerprint density at radius 1 is 1.14 bits per heavy atom. The third-order valence-electron chi connectivity index (χ3n) is 4.85. The van der Waals surface area contributed by atoms with E-state index in [0.717, 1.165) is 11.1 Å². The highest BCUT2D eigenvalue weighted by Gasteiger charge is 2.23. The lowest BCUT2D eigenvalue weighted by atomic mass is 10.2. The lowest BCUT2D eigenvalue weighted by molar-refractivity contribution is -0.130. The second-order valence-electron chi connectivity index (χ2n) is 7.11. The van der Waals surface area contributed by atoms with E-state index in [2.05, 4.69) is 0 Å². The number of hydrogen-bond acceptors (Lipinski definition) is 4. The summed E-state index contributed by atoms with van der Waals surface area (Å²) in [7, 11) is -1.95. The van der Waals surface area contributed by atoms with Crippen molar-refractivity contribution in [2.75, 3.05) is 13.6 Å². The van der Waals surface area contributed by atoms with Gasteiger partial charge in [0.1, 0.15) is 6.54 Å². The Labute approximate surface area is 170 Å². The molecule has 29 heavy (non-hydrogen) atoms. The molecule has 2 aromatic carbocycles. The van der Waals surface area contributed by atoms with Crippen LogP contribution in [0.3, 0.4) is 0 Å². The first-order valence-corrected chi connectivity index (χ1v) is 10.9. The first kappa shape index (κ1) is 20.6. The second-order valence-corrected chi connectivity index (χ2v) is 9.06. The van der Waals surface area contributed by atoms with Gasteiger partial charge in [0.25, 0.3) is 0 Å². The topological polar surface area (TPSA) is 83.2 Å². The first-order valence-electron chi connectivity index (χ1n) is 9.29. The van der Waals surface area contributed by atoms with Crippen LogP contribution in [0, 0.1) is 18.3 Å². The molecular formula is C22H23N3O3S. The van der Waals surface area contributed by atoms with Gasteiger partial charge in [-0.25, -0.2) is 8.42 Å². The number of aromatic nitrogens is 1. The van der Waals surface area contributed by atoms with Crippen LogP contribution in [0.2, 0.25) is 0 Å². The zero-order valence-electron chi connectivity index (χ0n) is 16.5. The third-order valence-corrected chi connectivity index (χ3v) is 6.56. The Kier molecular flexibility index (Phi) is 6.04. The summed E-state index contributed by atoms with van der Waals surface area (Å²) in [6, 6.07) is 16.6. The minimum Gasteiger partial charge on any atom is -0.343 e. The highest BCUT2D eigenvalue weighted by atomic mass is 32.2. The van der Waals surface area contributed by atoms with Gasteiger partial charge in [-0.3, -0.25) is 4.79 Å². The maximum Gasteiger partial charge on any atom is 0.242 e. The standard InChI is InChI=1S/C22H23N3O3S/c1-17-8-10-18(11-9-17)16-29(27,28)21-14-25(20-7-4-3-6-19(20)21)15-22(26)24(2)13-5-12-23/h3-4,6-11,14H,5,13,15-16H2,1-2H3. The second kappa shape index (κ2) is 8.50. The molecule has 0 spiro atoms. The molecule has 0 atom stereocenters. The molecule has 0 unspecified atom stereocenters. The normalized spacial score (nSPS) is 11.3. The number of hydrogen-bond donors (Lipinski definition) is 0. The predicted molar refractivity (Wildman–Crippen MR) is 112 cm³/mol. The van der Waals surface area contributed by atoms with Crippen LogP contribution in [0.5, 0.6) is 0 Å². The summed E-state index contributed by atoms with van der Waals surface area (Å²) in [6.45, 7) is 2.31. The number of sulfone groups is 1. The lowest BCUT2D eigenvalue weighted by Crippen LogP contribution is -2.30. The highest BCUT2D eigenvalue weighted by Crippen LogP contribution is 2.28. The number of likely N-dealkylation sites (N-methyl/N-ethyl adjacent to an activating group) is 1. The van der Waals surface area contributed by atoms with Crippen molar-refractivity contribution in [1.82, 2.24) is 9.47 Å². The monoisotopic (exact) mass is 409 g/mol. The van der Waals surface area contributed by atoms with Crippen molar-refractivity contribution < 1.29 is 13.2 Å². The number of aryl methyl sites for hydroxylation is 1. The summed E-state index contributed by atoms with van der Waals surface area (Å²) in [5.74, 6) is -0.277. The van der Waals surface area contributed by atoms with Gasteiger partial charge in [-0.1, -0.05) is 48.0 Å². The molecule has 0 aliphatic carbocycles. The molecule has 0 aliphatic rings. The molecule has 1 amide bonds. The third kappa shape index (κ3) is 4.66. The van der Waals surface area contributed by atoms with Gasteiger partial charge in [-0.05, 0) is 18.6 Å². The predicted octanol–water partition coefficient (Wildman–Crippen LogP) is 3.30. The Morgan fingerprint density at radius 2 is 1.83 bits per heavy atom. The fourth-order valence-electron chi connectivity index (χ4n) is 3.18. The Morgan fingerprint density at radius 3 is 2.52 bits per heavy atom. The van der Waals surface area contributed by atoms with Crippen molar-refractivity contribution in [3.8, 4) is 6.07 Å². The largest absolute Gasteiger partial charge is 0.343 e. The van der Waals surface area contributed by atoms with E-state index in [1.807, 2.05) is 49.4 Å². The average molecular weight is 410 g/mol. The number of nitrogens with zero attached hydrogens (tertiary/aromatic N) is 3. The van der Waals surface area contributed by atoms with E-state index in [1.54, 1.807) is 29.9 Å². The van der Waals surface area contributed by atoms with E-state index < -0.39 is 9.84 Å². The van der Waals surface area contributed by atoms with Crippen LogP contribution in [0.1, 0.15) is 17.5 Å². The van der Waals surface area contributed by atoms with Crippen LogP contribution >= 0.6 is 0 Å². The van der Waals surface area contributed by atoms with Crippen LogP contribution in [0.25, 0.3) is 10.9 Å². The van der Waals surface area contributed by atoms with Gasteiger partial charge in [0, 0.05) is 30.7 Å². The molecule has 0 saturated carbocycles. The molecule has 0 saturated heterocycles. The van der Waals surface area contributed by atoms with E-state index in [1.165, 1.54) is 4.90 Å². The molecule has 1 heterocycles. The fourth-order valence-corrected chi connectivity index (χ4v) is 4.76. The number of benzene rings is 2. The van der Waals surface area contributed by atoms with E-state index in [4.69, 9.17) is 5.26 Å². The summed E-state index contributed by atoms with van der Waals surface area (Å²) in [4.78, 5) is 14.2. The molecule has 0 fully saturated rings. The quantitative estimate of drug-likeness (QED) is 0.599. The zero-order valence-corrected chi connectivity index (χ0v) is 17.3. The van der Waals surface area contributed by atoms with E-state index >= 15 is 0 Å². The summed E-state index contributed by atoms with van der Waals surface area (Å²) < 4.78 is 27.9. The molecule has 7 heteroatoms. The highest BCUT2D eigenvalue weighted by molar-refractivity contribution is 7.90. The van der Waals surface area contributed by atoms with Crippen LogP contribution < -0.4 is 0 Å². The molecule has 0 bridgehead atoms. The number of amides is 1. The molecule has 6 nitrogen and oxygen atoms in total. The van der Waals surface area contributed by atoms with Crippen LogP contribution in [0.15, 0.2) is 59.6 Å². The van der Waals surface area contributed by atoms with E-state index in [-0.39, 0.29) is 29.5 Å². The van der Waals surface area contributed by atoms with Crippen molar-refractivity contribution in [2.45, 2.75) is 30.5 Å². The molecule has 3 rings (SSSR count). The molecule has 0 N–H and O–H groups in total. The van der Waals surface area contributed by atoms with Crippen molar-refractivity contribution in [3.63, 3.8) is 0 Å². The minimum atomic E-state index is -3.59. The number of nitriles is 1. The van der Waals surface area contributed by atoms with Gasteiger partial charge in [0.05, 0.1) is 23.1 Å². The Bertz CT molecular complexity index is 1170. The number of fused-ring (bicyclic) bond motifs is 1. The van der Waals surface area contributed by atoms with Gasteiger partial charge < -0.3 is 9.47 Å². The summed E-state index contributed by atoms with van der Waals surface area (Å²) in [5, 5.41) is 9.30. The van der Waals surface area contributed by atoms with Crippen molar-refractivity contribution >= 4 is 26.6 Å². The zero-order chi connectivity index (χ0) is 21.0. The first-order chi connectivity index (χ1) is 13.8. The smallest absolute Gasteiger partial charge is 0.242 e. The molecule has 0 radical (unpaired) electrons. The van der Waals surface area contributed by atoms with Crippen LogP contribution in [0.4, 0.5) is 0 Å². The maximum atomic E-state index is 13.1. The van der Waals surface area contributed by atoms with Crippen molar-refractivity contribution in [3.05, 3.63) is 65.9 Å². The average Bonchev–Trinajstić information content (AvgIpc) is 3.07. The van der Waals surface area contributed by atoms with Gasteiger partial charge in [0.15, 0.2) is 9.84 Å². The molecular weight excluding hydrogens is 386 g/mol. The van der Waals surface area contributed by atoms with E-state index in [9.17, 15) is 13.2 Å². The summed E-state index contributed by atoms with van der Waals surface area (Å²) >= 11 is 0. The minimum absolute atomic E-state index is 0.0164. The SMILES string of the molecule is Cc1ccc(CS(=O)(=O)c2cn(CC(=O)N(C)CCC#N)c3ccccc23)cc1. The fraction of sp³-hybridized carbons (Fsp3) is 0.273. The lowest BCUT2D eigenvalue weighted by Gasteiger charge is -2.16. The van der Waals surface area contributed by atoms with Gasteiger partial charge in [-0.15, -0.1) is 0 Å². The molecule has 0 aliphatic heterocycles. The van der Waals surface area contributed by atoms with Crippen LogP contribution in [-0.4, -0.2) is 37.4 Å². The number of carbonyl (C=O) groups excluding carboxylic acids is 1. The molecule has 3 aromatic rings. The summed E-state index contributed by atoms with van der Waals surface area (Å²) in [6.07, 6.45) is 1.80.